The second-order valence-corrected chi connectivity index (χ2v) is 5.36. The van der Waals surface area contributed by atoms with Gasteiger partial charge in [0.15, 0.2) is 0 Å². The van der Waals surface area contributed by atoms with E-state index in [1.54, 1.807) is 0 Å². The SMILES string of the molecule is CCCC(CC)OC(=O)c1c(C)cc(C)c(C)c1C. The van der Waals surface area contributed by atoms with Gasteiger partial charge in [-0.2, -0.15) is 0 Å². The van der Waals surface area contributed by atoms with E-state index in [0.29, 0.717) is 0 Å². The molecule has 19 heavy (non-hydrogen) atoms. The lowest BCUT2D eigenvalue weighted by molar-refractivity contribution is 0.0270. The lowest BCUT2D eigenvalue weighted by Crippen LogP contribution is -2.19. The van der Waals surface area contributed by atoms with Crippen molar-refractivity contribution in [3.8, 4) is 0 Å². The molecule has 0 fully saturated rings. The zero-order valence-corrected chi connectivity index (χ0v) is 13.1. The van der Waals surface area contributed by atoms with Crippen molar-refractivity contribution in [3.05, 3.63) is 33.9 Å². The van der Waals surface area contributed by atoms with Crippen LogP contribution in [0.1, 0.15) is 65.7 Å². The summed E-state index contributed by atoms with van der Waals surface area (Å²) in [6.07, 6.45) is 2.89. The Kier molecular flexibility index (Phi) is 5.59. The summed E-state index contributed by atoms with van der Waals surface area (Å²) in [6, 6.07) is 2.07. The molecule has 0 saturated heterocycles. The highest BCUT2D eigenvalue weighted by atomic mass is 16.5. The van der Waals surface area contributed by atoms with Crippen LogP contribution in [-0.2, 0) is 4.74 Å². The van der Waals surface area contributed by atoms with Crippen LogP contribution in [0.25, 0.3) is 0 Å². The Morgan fingerprint density at radius 2 is 1.74 bits per heavy atom. The second-order valence-electron chi connectivity index (χ2n) is 5.36. The highest BCUT2D eigenvalue weighted by molar-refractivity contribution is 5.93. The van der Waals surface area contributed by atoms with Gasteiger partial charge in [0.2, 0.25) is 0 Å². The molecule has 0 heterocycles. The average Bonchev–Trinajstić information content (AvgIpc) is 2.35. The number of carbonyl (C=O) groups is 1. The first-order valence-electron chi connectivity index (χ1n) is 7.20. The van der Waals surface area contributed by atoms with Gasteiger partial charge in [0.25, 0.3) is 0 Å². The van der Waals surface area contributed by atoms with Crippen molar-refractivity contribution < 1.29 is 9.53 Å². The third kappa shape index (κ3) is 3.59. The molecular weight excluding hydrogens is 236 g/mol. The monoisotopic (exact) mass is 262 g/mol. The van der Waals surface area contributed by atoms with E-state index < -0.39 is 0 Å². The van der Waals surface area contributed by atoms with Crippen LogP contribution in [0.2, 0.25) is 0 Å². The molecule has 0 saturated carbocycles. The molecular formula is C17H26O2. The Labute approximate surface area is 117 Å². The Morgan fingerprint density at radius 3 is 2.26 bits per heavy atom. The fraction of sp³-hybridized carbons (Fsp3) is 0.588. The van der Waals surface area contributed by atoms with E-state index >= 15 is 0 Å². The third-order valence-electron chi connectivity index (χ3n) is 3.90. The molecule has 0 amide bonds. The molecule has 0 aliphatic rings. The van der Waals surface area contributed by atoms with Gasteiger partial charge in [-0.15, -0.1) is 0 Å². The predicted molar refractivity (Wildman–Crippen MR) is 79.8 cm³/mol. The summed E-state index contributed by atoms with van der Waals surface area (Å²) in [5, 5.41) is 0. The number of aryl methyl sites for hydroxylation is 2. The number of carbonyl (C=O) groups excluding carboxylic acids is 1. The molecule has 1 unspecified atom stereocenters. The highest BCUT2D eigenvalue weighted by Crippen LogP contribution is 2.23. The van der Waals surface area contributed by atoms with Gasteiger partial charge in [-0.3, -0.25) is 0 Å². The van der Waals surface area contributed by atoms with Crippen molar-refractivity contribution in [1.82, 2.24) is 0 Å². The number of rotatable bonds is 5. The van der Waals surface area contributed by atoms with Crippen molar-refractivity contribution >= 4 is 5.97 Å². The van der Waals surface area contributed by atoms with Crippen LogP contribution in [0.15, 0.2) is 6.07 Å². The van der Waals surface area contributed by atoms with Gasteiger partial charge in [0.05, 0.1) is 5.56 Å². The molecule has 1 atom stereocenters. The molecule has 0 N–H and O–H groups in total. The quantitative estimate of drug-likeness (QED) is 0.722. The first kappa shape index (κ1) is 15.7. The number of benzene rings is 1. The van der Waals surface area contributed by atoms with Crippen LogP contribution in [0, 0.1) is 27.7 Å². The van der Waals surface area contributed by atoms with Gasteiger partial charge >= 0.3 is 5.97 Å². The number of ether oxygens (including phenoxy) is 1. The Balaban J connectivity index is 3.03. The van der Waals surface area contributed by atoms with E-state index in [4.69, 9.17) is 4.74 Å². The van der Waals surface area contributed by atoms with Gasteiger partial charge in [-0.25, -0.2) is 4.79 Å². The first-order valence-corrected chi connectivity index (χ1v) is 7.20. The molecule has 1 rings (SSSR count). The molecule has 0 aliphatic heterocycles. The van der Waals surface area contributed by atoms with E-state index in [9.17, 15) is 4.79 Å². The Hall–Kier alpha value is -1.31. The standard InChI is InChI=1S/C17H26O2/c1-7-9-15(8-2)19-17(18)16-12(4)10-11(3)13(5)14(16)6/h10,15H,7-9H2,1-6H3. The lowest BCUT2D eigenvalue weighted by atomic mass is 9.94. The normalized spacial score (nSPS) is 12.3. The van der Waals surface area contributed by atoms with E-state index in [1.807, 2.05) is 13.8 Å². The lowest BCUT2D eigenvalue weighted by Gasteiger charge is -2.19. The smallest absolute Gasteiger partial charge is 0.338 e. The third-order valence-corrected chi connectivity index (χ3v) is 3.90. The summed E-state index contributed by atoms with van der Waals surface area (Å²) in [7, 11) is 0. The molecule has 1 aromatic rings. The molecule has 2 heteroatoms. The summed E-state index contributed by atoms with van der Waals surface area (Å²) in [5.41, 5.74) is 5.22. The maximum atomic E-state index is 12.4. The second kappa shape index (κ2) is 6.74. The molecule has 0 bridgehead atoms. The molecule has 2 nitrogen and oxygen atoms in total. The van der Waals surface area contributed by atoms with Gasteiger partial charge in [-0.1, -0.05) is 26.3 Å². The van der Waals surface area contributed by atoms with E-state index in [1.165, 1.54) is 11.1 Å². The van der Waals surface area contributed by atoms with Crippen LogP contribution >= 0.6 is 0 Å². The fourth-order valence-corrected chi connectivity index (χ4v) is 2.48. The minimum absolute atomic E-state index is 0.0397. The molecule has 0 aliphatic carbocycles. The zero-order valence-electron chi connectivity index (χ0n) is 13.1. The van der Waals surface area contributed by atoms with Crippen molar-refractivity contribution in [3.63, 3.8) is 0 Å². The van der Waals surface area contributed by atoms with Crippen molar-refractivity contribution in [2.75, 3.05) is 0 Å². The van der Waals surface area contributed by atoms with Crippen LogP contribution < -0.4 is 0 Å². The summed E-state index contributed by atoms with van der Waals surface area (Å²) in [5.74, 6) is -0.168. The van der Waals surface area contributed by atoms with Gasteiger partial charge in [0, 0.05) is 0 Å². The van der Waals surface area contributed by atoms with Crippen LogP contribution in [0.3, 0.4) is 0 Å². The zero-order chi connectivity index (χ0) is 14.6. The maximum Gasteiger partial charge on any atom is 0.338 e. The predicted octanol–water partition coefficient (Wildman–Crippen LogP) is 4.66. The first-order chi connectivity index (χ1) is 8.92. The molecule has 0 aromatic heterocycles. The van der Waals surface area contributed by atoms with Crippen LogP contribution in [-0.4, -0.2) is 12.1 Å². The largest absolute Gasteiger partial charge is 0.459 e. The molecule has 106 valence electrons. The Morgan fingerprint density at radius 1 is 1.11 bits per heavy atom. The van der Waals surface area contributed by atoms with E-state index in [2.05, 4.69) is 33.8 Å². The van der Waals surface area contributed by atoms with E-state index in [0.717, 1.165) is 36.0 Å². The van der Waals surface area contributed by atoms with E-state index in [-0.39, 0.29) is 12.1 Å². The van der Waals surface area contributed by atoms with Gasteiger partial charge in [-0.05, 0) is 62.8 Å². The highest BCUT2D eigenvalue weighted by Gasteiger charge is 2.19. The fourth-order valence-electron chi connectivity index (χ4n) is 2.48. The summed E-state index contributed by atoms with van der Waals surface area (Å²) < 4.78 is 5.64. The van der Waals surface area contributed by atoms with Crippen molar-refractivity contribution in [1.29, 1.82) is 0 Å². The summed E-state index contributed by atoms with van der Waals surface area (Å²) in [4.78, 5) is 12.4. The Bertz CT molecular complexity index is 461. The van der Waals surface area contributed by atoms with Gasteiger partial charge in [0.1, 0.15) is 6.10 Å². The summed E-state index contributed by atoms with van der Waals surface area (Å²) >= 11 is 0. The number of esters is 1. The molecule has 1 aromatic carbocycles. The molecule has 0 spiro atoms. The number of hydrogen-bond donors (Lipinski definition) is 0. The minimum atomic E-state index is -0.168. The molecule has 0 radical (unpaired) electrons. The average molecular weight is 262 g/mol. The van der Waals surface area contributed by atoms with Crippen LogP contribution in [0.5, 0.6) is 0 Å². The number of hydrogen-bond acceptors (Lipinski definition) is 2. The maximum absolute atomic E-state index is 12.4. The van der Waals surface area contributed by atoms with Crippen LogP contribution in [0.4, 0.5) is 0 Å². The minimum Gasteiger partial charge on any atom is -0.459 e. The van der Waals surface area contributed by atoms with Gasteiger partial charge < -0.3 is 4.74 Å². The topological polar surface area (TPSA) is 26.3 Å². The van der Waals surface area contributed by atoms with Crippen molar-refractivity contribution in [2.45, 2.75) is 66.9 Å². The van der Waals surface area contributed by atoms with Crippen molar-refractivity contribution in [2.24, 2.45) is 0 Å². The summed E-state index contributed by atoms with van der Waals surface area (Å²) in [6.45, 7) is 12.3.